The third kappa shape index (κ3) is 3.41. The van der Waals surface area contributed by atoms with Gasteiger partial charge in [-0.25, -0.2) is 0 Å². The Balaban J connectivity index is 2.05. The molecule has 0 heterocycles. The van der Waals surface area contributed by atoms with Crippen LogP contribution in [0, 0.1) is 6.92 Å². The molecule has 4 heteroatoms. The molecular formula is C16H23BrN2O. The van der Waals surface area contributed by atoms with Crippen LogP contribution >= 0.6 is 15.9 Å². The van der Waals surface area contributed by atoms with Crippen molar-refractivity contribution in [2.75, 3.05) is 14.1 Å². The number of carbonyl (C=O) groups excluding carboxylic acids is 1. The van der Waals surface area contributed by atoms with E-state index in [1.54, 1.807) is 0 Å². The largest absolute Gasteiger partial charge is 0.339 e. The second-order valence-electron chi connectivity index (χ2n) is 5.67. The van der Waals surface area contributed by atoms with Gasteiger partial charge in [0.2, 0.25) is 0 Å². The van der Waals surface area contributed by atoms with E-state index >= 15 is 0 Å². The SMILES string of the molecule is CNC1CCC(N(C)C(=O)c2ccc(Br)cc2C)CC1. The topological polar surface area (TPSA) is 32.3 Å². The highest BCUT2D eigenvalue weighted by molar-refractivity contribution is 9.10. The quantitative estimate of drug-likeness (QED) is 0.916. The summed E-state index contributed by atoms with van der Waals surface area (Å²) in [5, 5.41) is 3.33. The molecule has 1 saturated carbocycles. The van der Waals surface area contributed by atoms with Crippen molar-refractivity contribution in [3.8, 4) is 0 Å². The van der Waals surface area contributed by atoms with Crippen LogP contribution in [0.2, 0.25) is 0 Å². The Bertz CT molecular complexity index is 481. The Hall–Kier alpha value is -0.870. The van der Waals surface area contributed by atoms with Crippen molar-refractivity contribution >= 4 is 21.8 Å². The van der Waals surface area contributed by atoms with E-state index in [-0.39, 0.29) is 5.91 Å². The molecule has 0 aromatic heterocycles. The summed E-state index contributed by atoms with van der Waals surface area (Å²) >= 11 is 3.44. The van der Waals surface area contributed by atoms with Gasteiger partial charge in [-0.05, 0) is 63.4 Å². The van der Waals surface area contributed by atoms with Gasteiger partial charge in [0, 0.05) is 29.2 Å². The summed E-state index contributed by atoms with van der Waals surface area (Å²) in [6.45, 7) is 1.99. The average Bonchev–Trinajstić information content (AvgIpc) is 2.46. The van der Waals surface area contributed by atoms with Crippen LogP contribution in [-0.4, -0.2) is 37.0 Å². The van der Waals surface area contributed by atoms with Gasteiger partial charge >= 0.3 is 0 Å². The lowest BCUT2D eigenvalue weighted by Gasteiger charge is -2.34. The van der Waals surface area contributed by atoms with Crippen molar-refractivity contribution in [1.29, 1.82) is 0 Å². The fourth-order valence-corrected chi connectivity index (χ4v) is 3.45. The first-order chi connectivity index (χ1) is 9.52. The van der Waals surface area contributed by atoms with Crippen molar-refractivity contribution in [2.24, 2.45) is 0 Å². The van der Waals surface area contributed by atoms with Crippen LogP contribution in [0.1, 0.15) is 41.6 Å². The minimum absolute atomic E-state index is 0.142. The Labute approximate surface area is 129 Å². The molecule has 20 heavy (non-hydrogen) atoms. The van der Waals surface area contributed by atoms with Crippen LogP contribution in [0.25, 0.3) is 0 Å². The lowest BCUT2D eigenvalue weighted by molar-refractivity contribution is 0.0685. The van der Waals surface area contributed by atoms with E-state index in [0.717, 1.165) is 41.3 Å². The molecule has 0 atom stereocenters. The number of benzene rings is 1. The molecule has 1 N–H and O–H groups in total. The maximum absolute atomic E-state index is 12.6. The van der Waals surface area contributed by atoms with Crippen molar-refractivity contribution in [3.05, 3.63) is 33.8 Å². The predicted octanol–water partition coefficient (Wildman–Crippen LogP) is 3.36. The van der Waals surface area contributed by atoms with Crippen molar-refractivity contribution in [2.45, 2.75) is 44.7 Å². The summed E-state index contributed by atoms with van der Waals surface area (Å²) in [5.41, 5.74) is 1.84. The van der Waals surface area contributed by atoms with Crippen LogP contribution in [0.3, 0.4) is 0 Å². The van der Waals surface area contributed by atoms with E-state index in [9.17, 15) is 4.79 Å². The van der Waals surface area contributed by atoms with Crippen LogP contribution < -0.4 is 5.32 Å². The highest BCUT2D eigenvalue weighted by Gasteiger charge is 2.26. The summed E-state index contributed by atoms with van der Waals surface area (Å²) in [7, 11) is 3.96. The summed E-state index contributed by atoms with van der Waals surface area (Å²) in [4.78, 5) is 14.6. The third-order valence-electron chi connectivity index (χ3n) is 4.39. The Morgan fingerprint density at radius 3 is 2.50 bits per heavy atom. The second kappa shape index (κ2) is 6.72. The molecule has 0 spiro atoms. The number of carbonyl (C=O) groups is 1. The summed E-state index contributed by atoms with van der Waals surface area (Å²) in [6.07, 6.45) is 4.48. The van der Waals surface area contributed by atoms with E-state index in [0.29, 0.717) is 12.1 Å². The molecule has 1 aliphatic rings. The Morgan fingerprint density at radius 2 is 1.95 bits per heavy atom. The molecule has 1 aliphatic carbocycles. The fraction of sp³-hybridized carbons (Fsp3) is 0.562. The number of hydrogen-bond donors (Lipinski definition) is 1. The van der Waals surface area contributed by atoms with Crippen LogP contribution in [-0.2, 0) is 0 Å². The van der Waals surface area contributed by atoms with Gasteiger partial charge in [-0.1, -0.05) is 15.9 Å². The number of halogens is 1. The molecule has 1 aromatic carbocycles. The molecule has 0 saturated heterocycles. The number of hydrogen-bond acceptors (Lipinski definition) is 2. The van der Waals surface area contributed by atoms with Crippen LogP contribution in [0.5, 0.6) is 0 Å². The standard InChI is InChI=1S/C16H23BrN2O/c1-11-10-12(17)4-9-15(11)16(20)19(3)14-7-5-13(18-2)6-8-14/h4,9-10,13-14,18H,5-8H2,1-3H3. The molecule has 0 bridgehead atoms. The average molecular weight is 339 g/mol. The normalized spacial score (nSPS) is 22.6. The molecule has 110 valence electrons. The summed E-state index contributed by atoms with van der Waals surface area (Å²) in [6, 6.07) is 6.84. The van der Waals surface area contributed by atoms with Gasteiger partial charge in [0.15, 0.2) is 0 Å². The summed E-state index contributed by atoms with van der Waals surface area (Å²) in [5.74, 6) is 0.142. The van der Waals surface area contributed by atoms with E-state index in [1.165, 1.54) is 0 Å². The highest BCUT2D eigenvalue weighted by atomic mass is 79.9. The minimum Gasteiger partial charge on any atom is -0.339 e. The lowest BCUT2D eigenvalue weighted by atomic mass is 9.90. The lowest BCUT2D eigenvalue weighted by Crippen LogP contribution is -2.42. The van der Waals surface area contributed by atoms with E-state index in [2.05, 4.69) is 21.2 Å². The smallest absolute Gasteiger partial charge is 0.254 e. The maximum atomic E-state index is 12.6. The van der Waals surface area contributed by atoms with Crippen LogP contribution in [0.15, 0.2) is 22.7 Å². The first-order valence-electron chi connectivity index (χ1n) is 7.23. The number of nitrogens with zero attached hydrogens (tertiary/aromatic N) is 1. The van der Waals surface area contributed by atoms with E-state index in [1.807, 2.05) is 44.1 Å². The third-order valence-corrected chi connectivity index (χ3v) is 4.89. The van der Waals surface area contributed by atoms with E-state index in [4.69, 9.17) is 0 Å². The van der Waals surface area contributed by atoms with Gasteiger partial charge in [0.05, 0.1) is 0 Å². The molecule has 1 aromatic rings. The molecule has 0 radical (unpaired) electrons. The Morgan fingerprint density at radius 1 is 1.30 bits per heavy atom. The monoisotopic (exact) mass is 338 g/mol. The van der Waals surface area contributed by atoms with Crippen LogP contribution in [0.4, 0.5) is 0 Å². The molecule has 2 rings (SSSR count). The molecule has 3 nitrogen and oxygen atoms in total. The van der Waals surface area contributed by atoms with Crippen molar-refractivity contribution in [1.82, 2.24) is 10.2 Å². The number of amides is 1. The van der Waals surface area contributed by atoms with Gasteiger partial charge < -0.3 is 10.2 Å². The molecule has 1 fully saturated rings. The van der Waals surface area contributed by atoms with Crippen molar-refractivity contribution < 1.29 is 4.79 Å². The number of rotatable bonds is 3. The molecule has 0 unspecified atom stereocenters. The zero-order chi connectivity index (χ0) is 14.7. The second-order valence-corrected chi connectivity index (χ2v) is 6.59. The van der Waals surface area contributed by atoms with Gasteiger partial charge in [-0.3, -0.25) is 4.79 Å². The van der Waals surface area contributed by atoms with E-state index < -0.39 is 0 Å². The molecule has 1 amide bonds. The summed E-state index contributed by atoms with van der Waals surface area (Å²) < 4.78 is 1.02. The first kappa shape index (κ1) is 15.5. The predicted molar refractivity (Wildman–Crippen MR) is 86.1 cm³/mol. The fourth-order valence-electron chi connectivity index (χ4n) is 2.97. The van der Waals surface area contributed by atoms with Gasteiger partial charge in [0.1, 0.15) is 0 Å². The number of nitrogens with one attached hydrogen (secondary N) is 1. The zero-order valence-electron chi connectivity index (χ0n) is 12.4. The number of aryl methyl sites for hydroxylation is 1. The first-order valence-corrected chi connectivity index (χ1v) is 8.02. The van der Waals surface area contributed by atoms with Gasteiger partial charge in [0.25, 0.3) is 5.91 Å². The zero-order valence-corrected chi connectivity index (χ0v) is 14.0. The van der Waals surface area contributed by atoms with Crippen molar-refractivity contribution in [3.63, 3.8) is 0 Å². The maximum Gasteiger partial charge on any atom is 0.254 e. The van der Waals surface area contributed by atoms with Gasteiger partial charge in [-0.2, -0.15) is 0 Å². The molecule has 0 aliphatic heterocycles. The highest BCUT2D eigenvalue weighted by Crippen LogP contribution is 2.24. The van der Waals surface area contributed by atoms with Gasteiger partial charge in [-0.15, -0.1) is 0 Å². The minimum atomic E-state index is 0.142. The molecular weight excluding hydrogens is 316 g/mol. The Kier molecular flexibility index (Phi) is 5.22.